The molecule has 0 saturated carbocycles. The maximum atomic E-state index is 14.1. The second-order valence-electron chi connectivity index (χ2n) is 5.79. The highest BCUT2D eigenvalue weighted by Crippen LogP contribution is 2.37. The van der Waals surface area contributed by atoms with E-state index in [1.165, 1.54) is 16.8 Å². The summed E-state index contributed by atoms with van der Waals surface area (Å²) in [5.41, 5.74) is 1.12. The number of hydrogen-bond donors (Lipinski definition) is 1. The Labute approximate surface area is 140 Å². The lowest BCUT2D eigenvalue weighted by Crippen LogP contribution is -2.06. The predicted molar refractivity (Wildman–Crippen MR) is 86.2 cm³/mol. The molecule has 4 rings (SSSR count). The fourth-order valence-corrected chi connectivity index (χ4v) is 3.05. The molecule has 0 radical (unpaired) electrons. The molecule has 1 N–H and O–H groups in total. The van der Waals surface area contributed by atoms with Crippen molar-refractivity contribution >= 4 is 5.82 Å². The molecule has 25 heavy (non-hydrogen) atoms. The lowest BCUT2D eigenvalue weighted by molar-refractivity contribution is -0.137. The largest absolute Gasteiger partial charge is 0.416 e. The van der Waals surface area contributed by atoms with E-state index in [-0.39, 0.29) is 5.69 Å². The summed E-state index contributed by atoms with van der Waals surface area (Å²) >= 11 is 0. The highest BCUT2D eigenvalue weighted by Gasteiger charge is 2.31. The van der Waals surface area contributed by atoms with Crippen LogP contribution in [0.1, 0.15) is 11.1 Å². The minimum absolute atomic E-state index is 0.256. The molecule has 7 heteroatoms. The summed E-state index contributed by atoms with van der Waals surface area (Å²) in [5.74, 6) is 0.176. The van der Waals surface area contributed by atoms with Crippen LogP contribution >= 0.6 is 0 Å². The molecule has 0 amide bonds. The van der Waals surface area contributed by atoms with Gasteiger partial charge >= 0.3 is 6.18 Å². The maximum Gasteiger partial charge on any atom is 0.416 e. The van der Waals surface area contributed by atoms with Crippen molar-refractivity contribution in [1.29, 1.82) is 0 Å². The molecule has 0 spiro atoms. The van der Waals surface area contributed by atoms with E-state index < -0.39 is 17.6 Å². The first kappa shape index (κ1) is 15.7. The quantitative estimate of drug-likeness (QED) is 0.683. The zero-order chi connectivity index (χ0) is 17.6. The van der Waals surface area contributed by atoms with Gasteiger partial charge in [-0.15, -0.1) is 0 Å². The molecule has 0 unspecified atom stereocenters. The second-order valence-corrected chi connectivity index (χ2v) is 5.79. The molecule has 0 saturated heterocycles. The third kappa shape index (κ3) is 2.65. The van der Waals surface area contributed by atoms with Gasteiger partial charge in [0.05, 0.1) is 11.3 Å². The number of hydrogen-bond acceptors (Lipinski definition) is 2. The van der Waals surface area contributed by atoms with E-state index >= 15 is 0 Å². The van der Waals surface area contributed by atoms with Crippen molar-refractivity contribution in [3.8, 4) is 16.9 Å². The zero-order valence-corrected chi connectivity index (χ0v) is 12.9. The molecule has 3 aromatic rings. The van der Waals surface area contributed by atoms with Crippen LogP contribution in [0.3, 0.4) is 0 Å². The van der Waals surface area contributed by atoms with Crippen LogP contribution in [0.2, 0.25) is 0 Å². The van der Waals surface area contributed by atoms with Gasteiger partial charge in [0.2, 0.25) is 0 Å². The van der Waals surface area contributed by atoms with E-state index in [1.807, 2.05) is 0 Å². The Morgan fingerprint density at radius 3 is 2.60 bits per heavy atom. The Balaban J connectivity index is 1.88. The van der Waals surface area contributed by atoms with Crippen molar-refractivity contribution in [3.63, 3.8) is 0 Å². The number of halogens is 4. The summed E-state index contributed by atoms with van der Waals surface area (Å²) in [5, 5.41) is 7.54. The zero-order valence-electron chi connectivity index (χ0n) is 12.9. The van der Waals surface area contributed by atoms with Crippen LogP contribution in [-0.2, 0) is 12.6 Å². The van der Waals surface area contributed by atoms with Gasteiger partial charge in [-0.05, 0) is 30.7 Å². The number of fused-ring (bicyclic) bond motifs is 1. The predicted octanol–water partition coefficient (Wildman–Crippen LogP) is 4.67. The van der Waals surface area contributed by atoms with E-state index in [0.29, 0.717) is 30.0 Å². The first-order chi connectivity index (χ1) is 11.9. The maximum absolute atomic E-state index is 14.1. The van der Waals surface area contributed by atoms with Crippen molar-refractivity contribution < 1.29 is 17.6 Å². The summed E-state index contributed by atoms with van der Waals surface area (Å²) in [7, 11) is 0. The first-order valence-corrected chi connectivity index (χ1v) is 7.73. The molecule has 0 fully saturated rings. The van der Waals surface area contributed by atoms with Crippen molar-refractivity contribution in [1.82, 2.24) is 9.78 Å². The molecule has 128 valence electrons. The third-order valence-electron chi connectivity index (χ3n) is 4.19. The number of anilines is 1. The van der Waals surface area contributed by atoms with Crippen LogP contribution in [0.25, 0.3) is 16.9 Å². The van der Waals surface area contributed by atoms with Crippen LogP contribution in [0.4, 0.5) is 23.4 Å². The Bertz CT molecular complexity index is 944. The fourth-order valence-electron chi connectivity index (χ4n) is 3.05. The normalized spacial score (nSPS) is 13.6. The highest BCUT2D eigenvalue weighted by molar-refractivity contribution is 5.73. The smallest absolute Gasteiger partial charge is 0.369 e. The van der Waals surface area contributed by atoms with Crippen LogP contribution in [0, 0.1) is 5.82 Å². The Morgan fingerprint density at radius 2 is 1.84 bits per heavy atom. The lowest BCUT2D eigenvalue weighted by atomic mass is 10.0. The van der Waals surface area contributed by atoms with Gasteiger partial charge in [0, 0.05) is 17.7 Å². The van der Waals surface area contributed by atoms with E-state index in [2.05, 4.69) is 10.4 Å². The lowest BCUT2D eigenvalue weighted by Gasteiger charge is -2.08. The van der Waals surface area contributed by atoms with Gasteiger partial charge in [-0.1, -0.05) is 24.3 Å². The van der Waals surface area contributed by atoms with Crippen molar-refractivity contribution in [3.05, 3.63) is 65.5 Å². The summed E-state index contributed by atoms with van der Waals surface area (Å²) in [4.78, 5) is 0. The number of nitrogens with one attached hydrogen (secondary N) is 1. The molecule has 2 heterocycles. The summed E-state index contributed by atoms with van der Waals surface area (Å²) in [6, 6.07) is 11.2. The van der Waals surface area contributed by atoms with Gasteiger partial charge in [0.1, 0.15) is 17.3 Å². The van der Waals surface area contributed by atoms with Crippen molar-refractivity contribution in [2.45, 2.75) is 12.6 Å². The molecular formula is C18H13F4N3. The summed E-state index contributed by atoms with van der Waals surface area (Å²) in [6.45, 7) is 0.633. The number of rotatable bonds is 2. The SMILES string of the molecule is Fc1ccccc1-n1nc(-c2cccc(C(F)(F)F)c2)c2c1NCC2. The monoisotopic (exact) mass is 347 g/mol. The topological polar surface area (TPSA) is 29.9 Å². The average Bonchev–Trinajstić information content (AvgIpc) is 3.17. The highest BCUT2D eigenvalue weighted by atomic mass is 19.4. The number of alkyl halides is 3. The second kappa shape index (κ2) is 5.61. The minimum Gasteiger partial charge on any atom is -0.369 e. The molecular weight excluding hydrogens is 334 g/mol. The van der Waals surface area contributed by atoms with Crippen LogP contribution in [-0.4, -0.2) is 16.3 Å². The van der Waals surface area contributed by atoms with E-state index in [4.69, 9.17) is 0 Å². The Hall–Kier alpha value is -2.83. The molecule has 0 aliphatic carbocycles. The van der Waals surface area contributed by atoms with Crippen molar-refractivity contribution in [2.75, 3.05) is 11.9 Å². The molecule has 0 atom stereocenters. The molecule has 1 aliphatic rings. The molecule has 1 aliphatic heterocycles. The minimum atomic E-state index is -4.43. The standard InChI is InChI=1S/C18H13F4N3/c19-14-6-1-2-7-15(14)25-17-13(8-9-23-17)16(24-25)11-4-3-5-12(10-11)18(20,21)22/h1-7,10,23H,8-9H2. The summed E-state index contributed by atoms with van der Waals surface area (Å²) < 4.78 is 54.5. The molecule has 3 nitrogen and oxygen atoms in total. The number of para-hydroxylation sites is 1. The van der Waals surface area contributed by atoms with E-state index in [1.54, 1.807) is 24.3 Å². The molecule has 2 aromatic carbocycles. The van der Waals surface area contributed by atoms with Gasteiger partial charge in [-0.25, -0.2) is 9.07 Å². The Morgan fingerprint density at radius 1 is 1.04 bits per heavy atom. The van der Waals surface area contributed by atoms with Gasteiger partial charge < -0.3 is 5.32 Å². The van der Waals surface area contributed by atoms with E-state index in [9.17, 15) is 17.6 Å². The molecule has 0 bridgehead atoms. The van der Waals surface area contributed by atoms with Crippen molar-refractivity contribution in [2.24, 2.45) is 0 Å². The Kier molecular flexibility index (Phi) is 3.52. The fraction of sp³-hybridized carbons (Fsp3) is 0.167. The van der Waals surface area contributed by atoms with Gasteiger partial charge in [-0.3, -0.25) is 0 Å². The van der Waals surface area contributed by atoms with Crippen LogP contribution in [0.5, 0.6) is 0 Å². The average molecular weight is 347 g/mol. The van der Waals surface area contributed by atoms with Gasteiger partial charge in [0.25, 0.3) is 0 Å². The van der Waals surface area contributed by atoms with E-state index in [0.717, 1.165) is 17.7 Å². The number of aromatic nitrogens is 2. The van der Waals surface area contributed by atoms with Gasteiger partial charge in [0.15, 0.2) is 0 Å². The first-order valence-electron chi connectivity index (χ1n) is 7.73. The third-order valence-corrected chi connectivity index (χ3v) is 4.19. The molecule has 1 aromatic heterocycles. The van der Waals surface area contributed by atoms with Crippen LogP contribution < -0.4 is 5.32 Å². The summed E-state index contributed by atoms with van der Waals surface area (Å²) in [6.07, 6.45) is -3.80. The van der Waals surface area contributed by atoms with Crippen LogP contribution in [0.15, 0.2) is 48.5 Å². The number of nitrogens with zero attached hydrogens (tertiary/aromatic N) is 2. The van der Waals surface area contributed by atoms with Gasteiger partial charge in [-0.2, -0.15) is 18.3 Å². The number of benzene rings is 2.